The lowest BCUT2D eigenvalue weighted by atomic mass is 10.2. The Morgan fingerprint density at radius 3 is 2.88 bits per heavy atom. The average molecular weight is 225 g/mol. The zero-order chi connectivity index (χ0) is 11.8. The topological polar surface area (TPSA) is 30.3 Å². The molecule has 0 amide bonds. The predicted octanol–water partition coefficient (Wildman–Crippen LogP) is 1.32. The van der Waals surface area contributed by atoms with Gasteiger partial charge in [-0.15, -0.1) is 0 Å². The Hall–Kier alpha value is -0.870. The summed E-state index contributed by atoms with van der Waals surface area (Å²) in [4.78, 5) is 6.42. The van der Waals surface area contributed by atoms with Crippen LogP contribution in [0.15, 0.2) is 12.5 Å². The number of hydrogen-bond donors (Lipinski definition) is 0. The summed E-state index contributed by atoms with van der Waals surface area (Å²) < 4.78 is 7.40. The van der Waals surface area contributed by atoms with Gasteiger partial charge >= 0.3 is 0 Å². The van der Waals surface area contributed by atoms with E-state index in [1.807, 2.05) is 26.5 Å². The molecule has 0 unspecified atom stereocenters. The summed E-state index contributed by atoms with van der Waals surface area (Å²) in [6.07, 6.45) is 6.06. The highest BCUT2D eigenvalue weighted by molar-refractivity contribution is 4.97. The normalized spacial score (nSPS) is 11.2. The lowest BCUT2D eigenvalue weighted by molar-refractivity contribution is 0.122. The van der Waals surface area contributed by atoms with E-state index in [0.717, 1.165) is 32.7 Å². The van der Waals surface area contributed by atoms with Crippen LogP contribution in [0, 0.1) is 0 Å². The molecule has 0 spiro atoms. The van der Waals surface area contributed by atoms with Crippen LogP contribution in [0.25, 0.3) is 0 Å². The first-order chi connectivity index (χ1) is 7.74. The molecule has 4 nitrogen and oxygen atoms in total. The van der Waals surface area contributed by atoms with Crippen molar-refractivity contribution in [1.29, 1.82) is 0 Å². The standard InChI is InChI=1S/C12H23N3O/c1-4-16-9-8-14(2)7-5-6-12-10-13-11-15(12)3/h10-11H,4-9H2,1-3H3. The van der Waals surface area contributed by atoms with Gasteiger partial charge < -0.3 is 14.2 Å². The molecule has 92 valence electrons. The van der Waals surface area contributed by atoms with E-state index in [0.29, 0.717) is 0 Å². The highest BCUT2D eigenvalue weighted by Gasteiger charge is 2.01. The van der Waals surface area contributed by atoms with Gasteiger partial charge in [0.05, 0.1) is 12.9 Å². The number of aromatic nitrogens is 2. The molecule has 4 heteroatoms. The number of ether oxygens (including phenoxy) is 1. The van der Waals surface area contributed by atoms with Crippen LogP contribution in [-0.2, 0) is 18.2 Å². The second-order valence-corrected chi connectivity index (χ2v) is 4.10. The number of imidazole rings is 1. The lowest BCUT2D eigenvalue weighted by Crippen LogP contribution is -2.24. The van der Waals surface area contributed by atoms with Gasteiger partial charge in [-0.1, -0.05) is 0 Å². The summed E-state index contributed by atoms with van der Waals surface area (Å²) in [5.41, 5.74) is 1.30. The van der Waals surface area contributed by atoms with Crippen molar-refractivity contribution >= 4 is 0 Å². The third-order valence-electron chi connectivity index (χ3n) is 2.71. The molecule has 0 bridgehead atoms. The second kappa shape index (κ2) is 7.41. The Bertz CT molecular complexity index is 286. The van der Waals surface area contributed by atoms with Gasteiger partial charge in [-0.25, -0.2) is 4.98 Å². The van der Waals surface area contributed by atoms with Crippen LogP contribution >= 0.6 is 0 Å². The summed E-state index contributed by atoms with van der Waals surface area (Å²) in [5.74, 6) is 0. The maximum absolute atomic E-state index is 5.32. The van der Waals surface area contributed by atoms with E-state index in [2.05, 4.69) is 21.5 Å². The van der Waals surface area contributed by atoms with Gasteiger partial charge in [0.25, 0.3) is 0 Å². The van der Waals surface area contributed by atoms with Gasteiger partial charge in [0.2, 0.25) is 0 Å². The maximum Gasteiger partial charge on any atom is 0.0945 e. The van der Waals surface area contributed by atoms with Crippen LogP contribution < -0.4 is 0 Å². The number of nitrogens with zero attached hydrogens (tertiary/aromatic N) is 3. The van der Waals surface area contributed by atoms with Crippen LogP contribution in [0.2, 0.25) is 0 Å². The van der Waals surface area contributed by atoms with Crippen LogP contribution in [0.3, 0.4) is 0 Å². The quantitative estimate of drug-likeness (QED) is 0.625. The van der Waals surface area contributed by atoms with E-state index in [1.165, 1.54) is 12.1 Å². The number of aryl methyl sites for hydroxylation is 2. The minimum absolute atomic E-state index is 0.808. The van der Waals surface area contributed by atoms with Crippen molar-refractivity contribution < 1.29 is 4.74 Å². The van der Waals surface area contributed by atoms with E-state index < -0.39 is 0 Å². The number of likely N-dealkylation sites (N-methyl/N-ethyl adjacent to an activating group) is 1. The molecule has 0 aliphatic carbocycles. The molecule has 1 rings (SSSR count). The highest BCUT2D eigenvalue weighted by Crippen LogP contribution is 2.01. The van der Waals surface area contributed by atoms with E-state index in [9.17, 15) is 0 Å². The molecule has 0 saturated carbocycles. The van der Waals surface area contributed by atoms with Crippen LogP contribution in [0.4, 0.5) is 0 Å². The Balaban J connectivity index is 2.08. The van der Waals surface area contributed by atoms with Gasteiger partial charge in [-0.2, -0.15) is 0 Å². The first kappa shape index (κ1) is 13.2. The summed E-state index contributed by atoms with van der Waals surface area (Å²) in [5, 5.41) is 0. The molecular formula is C12H23N3O. The van der Waals surface area contributed by atoms with Gasteiger partial charge in [0, 0.05) is 32.1 Å². The number of hydrogen-bond acceptors (Lipinski definition) is 3. The fourth-order valence-corrected chi connectivity index (χ4v) is 1.63. The molecule has 0 aliphatic heterocycles. The molecule has 1 aromatic heterocycles. The minimum atomic E-state index is 0.808. The van der Waals surface area contributed by atoms with Crippen molar-refractivity contribution in [1.82, 2.24) is 14.5 Å². The maximum atomic E-state index is 5.32. The van der Waals surface area contributed by atoms with Gasteiger partial charge in [0.15, 0.2) is 0 Å². The summed E-state index contributed by atoms with van der Waals surface area (Å²) >= 11 is 0. The predicted molar refractivity (Wildman–Crippen MR) is 65.5 cm³/mol. The smallest absolute Gasteiger partial charge is 0.0945 e. The third-order valence-corrected chi connectivity index (χ3v) is 2.71. The van der Waals surface area contributed by atoms with Crippen LogP contribution in [0.5, 0.6) is 0 Å². The van der Waals surface area contributed by atoms with Crippen molar-refractivity contribution in [2.45, 2.75) is 19.8 Å². The third kappa shape index (κ3) is 4.77. The summed E-state index contributed by atoms with van der Waals surface area (Å²) in [6.45, 7) is 5.79. The molecule has 0 aliphatic rings. The second-order valence-electron chi connectivity index (χ2n) is 4.10. The average Bonchev–Trinajstić information content (AvgIpc) is 2.65. The molecular weight excluding hydrogens is 202 g/mol. The van der Waals surface area contributed by atoms with Crippen LogP contribution in [-0.4, -0.2) is 47.8 Å². The summed E-state index contributed by atoms with van der Waals surface area (Å²) in [6, 6.07) is 0. The molecule has 0 radical (unpaired) electrons. The zero-order valence-electron chi connectivity index (χ0n) is 10.6. The SMILES string of the molecule is CCOCCN(C)CCCc1cncn1C. The Morgan fingerprint density at radius 2 is 2.25 bits per heavy atom. The van der Waals surface area contributed by atoms with Gasteiger partial charge in [0.1, 0.15) is 0 Å². The number of rotatable bonds is 8. The van der Waals surface area contributed by atoms with Crippen molar-refractivity contribution in [3.8, 4) is 0 Å². The van der Waals surface area contributed by atoms with E-state index in [4.69, 9.17) is 4.74 Å². The van der Waals surface area contributed by atoms with Crippen molar-refractivity contribution in [2.75, 3.05) is 33.4 Å². The van der Waals surface area contributed by atoms with E-state index in [-0.39, 0.29) is 0 Å². The molecule has 0 saturated heterocycles. The molecule has 1 aromatic rings. The molecule has 0 atom stereocenters. The Morgan fingerprint density at radius 1 is 1.44 bits per heavy atom. The first-order valence-electron chi connectivity index (χ1n) is 5.95. The fourth-order valence-electron chi connectivity index (χ4n) is 1.63. The van der Waals surface area contributed by atoms with Gasteiger partial charge in [-0.05, 0) is 33.4 Å². The van der Waals surface area contributed by atoms with Crippen molar-refractivity contribution in [3.63, 3.8) is 0 Å². The van der Waals surface area contributed by atoms with Crippen molar-refractivity contribution in [2.24, 2.45) is 7.05 Å². The summed E-state index contributed by atoms with van der Waals surface area (Å²) in [7, 11) is 4.18. The highest BCUT2D eigenvalue weighted by atomic mass is 16.5. The van der Waals surface area contributed by atoms with Gasteiger partial charge in [-0.3, -0.25) is 0 Å². The molecule has 0 N–H and O–H groups in total. The fraction of sp³-hybridized carbons (Fsp3) is 0.750. The monoisotopic (exact) mass is 225 g/mol. The van der Waals surface area contributed by atoms with Crippen molar-refractivity contribution in [3.05, 3.63) is 18.2 Å². The first-order valence-corrected chi connectivity index (χ1v) is 5.95. The largest absolute Gasteiger partial charge is 0.380 e. The Kier molecular flexibility index (Phi) is 6.11. The lowest BCUT2D eigenvalue weighted by Gasteiger charge is -2.16. The zero-order valence-corrected chi connectivity index (χ0v) is 10.6. The van der Waals surface area contributed by atoms with E-state index in [1.54, 1.807) is 0 Å². The minimum Gasteiger partial charge on any atom is -0.380 e. The van der Waals surface area contributed by atoms with Crippen LogP contribution in [0.1, 0.15) is 19.0 Å². The molecule has 0 fully saturated rings. The van der Waals surface area contributed by atoms with E-state index >= 15 is 0 Å². The molecule has 0 aromatic carbocycles. The molecule has 16 heavy (non-hydrogen) atoms. The Labute approximate surface area is 98.2 Å². The molecule has 1 heterocycles.